The van der Waals surface area contributed by atoms with Gasteiger partial charge >= 0.3 is 0 Å². The second kappa shape index (κ2) is 6.55. The van der Waals surface area contributed by atoms with Crippen LogP contribution in [0.4, 0.5) is 0 Å². The largest absolute Gasteiger partial charge is 0.379 e. The van der Waals surface area contributed by atoms with Crippen LogP contribution in [-0.4, -0.2) is 44.0 Å². The molecule has 1 saturated heterocycles. The van der Waals surface area contributed by atoms with Gasteiger partial charge in [-0.2, -0.15) is 4.31 Å². The Labute approximate surface area is 147 Å². The molecule has 0 amide bonds. The fourth-order valence-corrected chi connectivity index (χ4v) is 4.92. The predicted octanol–water partition coefficient (Wildman–Crippen LogP) is 3.13. The van der Waals surface area contributed by atoms with E-state index < -0.39 is 10.0 Å². The Morgan fingerprint density at radius 1 is 1.12 bits per heavy atom. The average Bonchev–Trinajstić information content (AvgIpc) is 3.06. The van der Waals surface area contributed by atoms with E-state index in [9.17, 15) is 8.42 Å². The van der Waals surface area contributed by atoms with E-state index >= 15 is 0 Å². The molecular formula is C17H22N2O3S2. The summed E-state index contributed by atoms with van der Waals surface area (Å²) in [5, 5.41) is 2.98. The number of hydrogen-bond acceptors (Lipinski definition) is 5. The van der Waals surface area contributed by atoms with Crippen molar-refractivity contribution < 1.29 is 13.2 Å². The van der Waals surface area contributed by atoms with Crippen molar-refractivity contribution in [1.82, 2.24) is 9.29 Å². The number of nitrogens with zero attached hydrogens (tertiary/aromatic N) is 2. The highest BCUT2D eigenvalue weighted by Crippen LogP contribution is 2.30. The summed E-state index contributed by atoms with van der Waals surface area (Å²) in [6.07, 6.45) is 0. The minimum Gasteiger partial charge on any atom is -0.379 e. The molecule has 130 valence electrons. The first kappa shape index (κ1) is 17.5. The van der Waals surface area contributed by atoms with Crippen molar-refractivity contribution in [2.45, 2.75) is 31.1 Å². The van der Waals surface area contributed by atoms with Crippen LogP contribution in [0, 0.1) is 0 Å². The zero-order valence-corrected chi connectivity index (χ0v) is 15.8. The zero-order valence-electron chi connectivity index (χ0n) is 14.2. The van der Waals surface area contributed by atoms with Crippen LogP contribution < -0.4 is 0 Å². The summed E-state index contributed by atoms with van der Waals surface area (Å²) in [6.45, 7) is 8.10. The third-order valence-electron chi connectivity index (χ3n) is 3.98. The molecule has 2 aromatic rings. The molecular weight excluding hydrogens is 344 g/mol. The van der Waals surface area contributed by atoms with Crippen molar-refractivity contribution in [3.05, 3.63) is 35.3 Å². The van der Waals surface area contributed by atoms with Gasteiger partial charge in [0, 0.05) is 29.4 Å². The second-order valence-electron chi connectivity index (χ2n) is 6.83. The molecule has 0 spiro atoms. The molecule has 1 aromatic heterocycles. The van der Waals surface area contributed by atoms with Crippen LogP contribution >= 0.6 is 11.3 Å². The van der Waals surface area contributed by atoms with Crippen LogP contribution in [0.1, 0.15) is 26.5 Å². The van der Waals surface area contributed by atoms with Crippen LogP contribution in [-0.2, 0) is 20.2 Å². The monoisotopic (exact) mass is 366 g/mol. The predicted molar refractivity (Wildman–Crippen MR) is 95.8 cm³/mol. The van der Waals surface area contributed by atoms with E-state index in [4.69, 9.17) is 4.74 Å². The molecule has 1 aliphatic rings. The summed E-state index contributed by atoms with van der Waals surface area (Å²) < 4.78 is 32.0. The van der Waals surface area contributed by atoms with Gasteiger partial charge in [-0.05, 0) is 12.1 Å². The Balaban J connectivity index is 1.84. The molecule has 7 heteroatoms. The normalized spacial score (nSPS) is 17.1. The lowest BCUT2D eigenvalue weighted by molar-refractivity contribution is 0.0730. The molecule has 24 heavy (non-hydrogen) atoms. The van der Waals surface area contributed by atoms with Gasteiger partial charge in [-0.15, -0.1) is 11.3 Å². The molecule has 0 radical (unpaired) electrons. The summed E-state index contributed by atoms with van der Waals surface area (Å²) in [7, 11) is -3.44. The van der Waals surface area contributed by atoms with Gasteiger partial charge in [-0.1, -0.05) is 32.9 Å². The summed E-state index contributed by atoms with van der Waals surface area (Å²) in [6, 6.07) is 6.99. The molecule has 0 atom stereocenters. The van der Waals surface area contributed by atoms with E-state index in [1.54, 1.807) is 23.5 Å². The topological polar surface area (TPSA) is 59.5 Å². The molecule has 1 fully saturated rings. The molecule has 1 aromatic carbocycles. The number of ether oxygens (including phenoxy) is 1. The highest BCUT2D eigenvalue weighted by Gasteiger charge is 2.26. The molecule has 2 heterocycles. The molecule has 0 unspecified atom stereocenters. The first-order valence-corrected chi connectivity index (χ1v) is 10.2. The van der Waals surface area contributed by atoms with E-state index in [-0.39, 0.29) is 5.41 Å². The van der Waals surface area contributed by atoms with E-state index in [0.29, 0.717) is 31.2 Å². The van der Waals surface area contributed by atoms with Crippen LogP contribution in [0.2, 0.25) is 0 Å². The maximum absolute atomic E-state index is 12.6. The smallest absolute Gasteiger partial charge is 0.243 e. The van der Waals surface area contributed by atoms with E-state index in [2.05, 4.69) is 31.1 Å². The van der Waals surface area contributed by atoms with Gasteiger partial charge < -0.3 is 4.74 Å². The number of morpholine rings is 1. The van der Waals surface area contributed by atoms with Crippen molar-refractivity contribution in [3.8, 4) is 10.6 Å². The highest BCUT2D eigenvalue weighted by atomic mass is 32.2. The van der Waals surface area contributed by atoms with Crippen LogP contribution in [0.25, 0.3) is 10.6 Å². The van der Waals surface area contributed by atoms with Crippen molar-refractivity contribution in [2.24, 2.45) is 0 Å². The molecule has 0 N–H and O–H groups in total. The quantitative estimate of drug-likeness (QED) is 0.837. The summed E-state index contributed by atoms with van der Waals surface area (Å²) in [5.41, 5.74) is 2.00. The minimum atomic E-state index is -3.44. The Bertz CT molecular complexity index is 799. The Kier molecular flexibility index (Phi) is 4.79. The molecule has 0 saturated carbocycles. The van der Waals surface area contributed by atoms with Gasteiger partial charge in [0.25, 0.3) is 0 Å². The molecule has 1 aliphatic heterocycles. The van der Waals surface area contributed by atoms with Crippen molar-refractivity contribution >= 4 is 21.4 Å². The number of thiazole rings is 1. The van der Waals surface area contributed by atoms with Crippen molar-refractivity contribution in [1.29, 1.82) is 0 Å². The van der Waals surface area contributed by atoms with Crippen LogP contribution in [0.3, 0.4) is 0 Å². The van der Waals surface area contributed by atoms with Gasteiger partial charge in [-0.25, -0.2) is 13.4 Å². The fourth-order valence-electron chi connectivity index (χ4n) is 2.46. The van der Waals surface area contributed by atoms with Gasteiger partial charge in [-0.3, -0.25) is 0 Å². The van der Waals surface area contributed by atoms with E-state index in [0.717, 1.165) is 16.3 Å². The lowest BCUT2D eigenvalue weighted by Gasteiger charge is -2.26. The molecule has 0 aliphatic carbocycles. The minimum absolute atomic E-state index is 0.00830. The summed E-state index contributed by atoms with van der Waals surface area (Å²) in [4.78, 5) is 5.00. The van der Waals surface area contributed by atoms with Gasteiger partial charge in [0.15, 0.2) is 0 Å². The number of aromatic nitrogens is 1. The molecule has 3 rings (SSSR count). The summed E-state index contributed by atoms with van der Waals surface area (Å²) >= 11 is 1.58. The number of rotatable bonds is 3. The van der Waals surface area contributed by atoms with Crippen LogP contribution in [0.15, 0.2) is 34.5 Å². The standard InChI is InChI=1S/C17H22N2O3S2/c1-17(2,3)15-12-23-16(18-15)13-4-6-14(7-5-13)24(20,21)19-8-10-22-11-9-19/h4-7,12H,8-11H2,1-3H3. The van der Waals surface area contributed by atoms with Crippen molar-refractivity contribution in [3.63, 3.8) is 0 Å². The highest BCUT2D eigenvalue weighted by molar-refractivity contribution is 7.89. The third kappa shape index (κ3) is 3.54. The first-order chi connectivity index (χ1) is 11.3. The number of sulfonamides is 1. The average molecular weight is 367 g/mol. The molecule has 0 bridgehead atoms. The van der Waals surface area contributed by atoms with Gasteiger partial charge in [0.1, 0.15) is 5.01 Å². The number of benzene rings is 1. The van der Waals surface area contributed by atoms with Crippen LogP contribution in [0.5, 0.6) is 0 Å². The zero-order chi connectivity index (χ0) is 17.4. The maximum Gasteiger partial charge on any atom is 0.243 e. The summed E-state index contributed by atoms with van der Waals surface area (Å²) in [5.74, 6) is 0. The van der Waals surface area contributed by atoms with E-state index in [1.165, 1.54) is 4.31 Å². The Morgan fingerprint density at radius 3 is 2.29 bits per heavy atom. The van der Waals surface area contributed by atoms with Gasteiger partial charge in [0.2, 0.25) is 10.0 Å². The fraction of sp³-hybridized carbons (Fsp3) is 0.471. The first-order valence-electron chi connectivity index (χ1n) is 7.93. The Hall–Kier alpha value is -1.28. The second-order valence-corrected chi connectivity index (χ2v) is 9.62. The lowest BCUT2D eigenvalue weighted by atomic mass is 9.93. The lowest BCUT2D eigenvalue weighted by Crippen LogP contribution is -2.40. The third-order valence-corrected chi connectivity index (χ3v) is 6.79. The SMILES string of the molecule is CC(C)(C)c1csc(-c2ccc(S(=O)(=O)N3CCOCC3)cc2)n1. The van der Waals surface area contributed by atoms with Gasteiger partial charge in [0.05, 0.1) is 23.8 Å². The number of hydrogen-bond donors (Lipinski definition) is 0. The molecule has 5 nitrogen and oxygen atoms in total. The van der Waals surface area contributed by atoms with E-state index in [1.807, 2.05) is 12.1 Å². The Morgan fingerprint density at radius 2 is 1.75 bits per heavy atom. The van der Waals surface area contributed by atoms with Crippen molar-refractivity contribution in [2.75, 3.05) is 26.3 Å². The maximum atomic E-state index is 12.6.